The molecule has 1 aromatic carbocycles. The first-order valence-electron chi connectivity index (χ1n) is 11.9. The lowest BCUT2D eigenvalue weighted by atomic mass is 9.86. The molecule has 2 aliphatic heterocycles. The number of benzene rings is 1. The zero-order valence-corrected chi connectivity index (χ0v) is 17.9. The van der Waals surface area contributed by atoms with Crippen LogP contribution >= 0.6 is 0 Å². The van der Waals surface area contributed by atoms with Crippen molar-refractivity contribution in [3.05, 3.63) is 24.3 Å². The van der Waals surface area contributed by atoms with Gasteiger partial charge in [0.05, 0.1) is 5.39 Å². The Bertz CT molecular complexity index is 860. The first kappa shape index (κ1) is 19.9. The molecule has 1 N–H and O–H groups in total. The number of piperazine rings is 1. The molecule has 0 unspecified atom stereocenters. The highest BCUT2D eigenvalue weighted by Crippen LogP contribution is 2.31. The maximum atomic E-state index is 12.4. The molecule has 0 radical (unpaired) electrons. The van der Waals surface area contributed by atoms with Crippen LogP contribution in [-0.4, -0.2) is 54.7 Å². The Kier molecular flexibility index (Phi) is 5.93. The molecule has 2 aromatic rings. The zero-order valence-electron chi connectivity index (χ0n) is 17.9. The lowest BCUT2D eigenvalue weighted by molar-refractivity contribution is -0.122. The van der Waals surface area contributed by atoms with Crippen LogP contribution in [0.5, 0.6) is 0 Å². The Hall–Kier alpha value is -2.08. The van der Waals surface area contributed by atoms with Crippen molar-refractivity contribution in [1.29, 1.82) is 0 Å². The highest BCUT2D eigenvalue weighted by atomic mass is 16.5. The zero-order chi connectivity index (χ0) is 20.3. The standard InChI is InChI=1S/C24H34N4O2/c29-23(14-18-6-2-1-3-7-18)25-15-19-10-11-20-17-28(13-12-27(20)16-19)24-21-8-4-5-9-22(21)30-26-24/h4-5,8-9,18-20H,1-3,6-7,10-17H2,(H,25,29)/t19-,20+/m0/s1. The number of piperidine rings is 1. The fraction of sp³-hybridized carbons (Fsp3) is 0.667. The van der Waals surface area contributed by atoms with E-state index < -0.39 is 0 Å². The number of hydrogen-bond donors (Lipinski definition) is 1. The summed E-state index contributed by atoms with van der Waals surface area (Å²) in [7, 11) is 0. The van der Waals surface area contributed by atoms with Crippen LogP contribution in [0, 0.1) is 11.8 Å². The molecule has 6 nitrogen and oxygen atoms in total. The summed E-state index contributed by atoms with van der Waals surface area (Å²) in [4.78, 5) is 17.4. The second-order valence-electron chi connectivity index (χ2n) is 9.55. The fourth-order valence-electron chi connectivity index (χ4n) is 5.70. The van der Waals surface area contributed by atoms with Gasteiger partial charge in [0, 0.05) is 45.2 Å². The van der Waals surface area contributed by atoms with Gasteiger partial charge in [-0.1, -0.05) is 36.6 Å². The third-order valence-electron chi connectivity index (χ3n) is 7.45. The number of hydrogen-bond acceptors (Lipinski definition) is 5. The number of para-hydroxylation sites is 1. The summed E-state index contributed by atoms with van der Waals surface area (Å²) in [6.45, 7) is 4.98. The Morgan fingerprint density at radius 1 is 1.03 bits per heavy atom. The number of anilines is 1. The number of rotatable bonds is 5. The second-order valence-corrected chi connectivity index (χ2v) is 9.55. The minimum Gasteiger partial charge on any atom is -0.356 e. The van der Waals surface area contributed by atoms with E-state index in [1.165, 1.54) is 44.9 Å². The predicted molar refractivity (Wildman–Crippen MR) is 119 cm³/mol. The van der Waals surface area contributed by atoms with Crippen LogP contribution in [0.15, 0.2) is 28.8 Å². The average molecular weight is 411 g/mol. The fourth-order valence-corrected chi connectivity index (χ4v) is 5.70. The van der Waals surface area contributed by atoms with Gasteiger partial charge >= 0.3 is 0 Å². The molecule has 2 saturated heterocycles. The van der Waals surface area contributed by atoms with Gasteiger partial charge in [-0.3, -0.25) is 9.69 Å². The summed E-state index contributed by atoms with van der Waals surface area (Å²) in [5.41, 5.74) is 0.864. The molecule has 30 heavy (non-hydrogen) atoms. The largest absolute Gasteiger partial charge is 0.356 e. The van der Waals surface area contributed by atoms with Crippen molar-refractivity contribution in [2.75, 3.05) is 37.6 Å². The molecule has 6 heteroatoms. The van der Waals surface area contributed by atoms with Gasteiger partial charge < -0.3 is 14.7 Å². The quantitative estimate of drug-likeness (QED) is 0.812. The Morgan fingerprint density at radius 3 is 2.80 bits per heavy atom. The van der Waals surface area contributed by atoms with Gasteiger partial charge in [0.2, 0.25) is 5.91 Å². The van der Waals surface area contributed by atoms with Crippen LogP contribution in [0.25, 0.3) is 11.0 Å². The molecule has 5 rings (SSSR count). The van der Waals surface area contributed by atoms with Crippen molar-refractivity contribution in [2.24, 2.45) is 11.8 Å². The molecule has 0 bridgehead atoms. The van der Waals surface area contributed by atoms with Gasteiger partial charge in [0.15, 0.2) is 11.4 Å². The van der Waals surface area contributed by atoms with Crippen LogP contribution in [0.4, 0.5) is 5.82 Å². The number of amides is 1. The lowest BCUT2D eigenvalue weighted by Crippen LogP contribution is -2.57. The van der Waals surface area contributed by atoms with Gasteiger partial charge in [0.1, 0.15) is 0 Å². The SMILES string of the molecule is O=C(CC1CCCCC1)NC[C@@H]1CC[C@@H]2CN(c3noc4ccccc34)CCN2C1. The summed E-state index contributed by atoms with van der Waals surface area (Å²) in [6.07, 6.45) is 9.55. The van der Waals surface area contributed by atoms with Crippen molar-refractivity contribution in [3.63, 3.8) is 0 Å². The average Bonchev–Trinajstić information content (AvgIpc) is 3.22. The highest BCUT2D eigenvalue weighted by Gasteiger charge is 2.34. The number of aromatic nitrogens is 1. The van der Waals surface area contributed by atoms with Crippen LogP contribution < -0.4 is 10.2 Å². The third kappa shape index (κ3) is 4.34. The minimum atomic E-state index is 0.270. The van der Waals surface area contributed by atoms with E-state index in [1.807, 2.05) is 18.2 Å². The normalized spacial score (nSPS) is 25.9. The summed E-state index contributed by atoms with van der Waals surface area (Å²) in [5.74, 6) is 2.46. The third-order valence-corrected chi connectivity index (χ3v) is 7.45. The van der Waals surface area contributed by atoms with E-state index in [2.05, 4.69) is 26.3 Å². The maximum Gasteiger partial charge on any atom is 0.220 e. The van der Waals surface area contributed by atoms with Crippen molar-refractivity contribution in [2.45, 2.75) is 57.4 Å². The topological polar surface area (TPSA) is 61.6 Å². The lowest BCUT2D eigenvalue weighted by Gasteiger charge is -2.46. The van der Waals surface area contributed by atoms with Gasteiger partial charge in [-0.2, -0.15) is 0 Å². The van der Waals surface area contributed by atoms with Gasteiger partial charge in [0.25, 0.3) is 0 Å². The van der Waals surface area contributed by atoms with Crippen LogP contribution in [0.2, 0.25) is 0 Å². The molecule has 2 atom stereocenters. The van der Waals surface area contributed by atoms with E-state index in [4.69, 9.17) is 4.52 Å². The molecule has 1 aromatic heterocycles. The van der Waals surface area contributed by atoms with Crippen LogP contribution in [0.1, 0.15) is 51.4 Å². The summed E-state index contributed by atoms with van der Waals surface area (Å²) in [6, 6.07) is 8.69. The molecule has 3 fully saturated rings. The van der Waals surface area contributed by atoms with E-state index in [0.29, 0.717) is 17.9 Å². The number of nitrogens with zero attached hydrogens (tertiary/aromatic N) is 3. The van der Waals surface area contributed by atoms with Gasteiger partial charge in [-0.05, 0) is 49.7 Å². The van der Waals surface area contributed by atoms with Crippen molar-refractivity contribution in [3.8, 4) is 0 Å². The highest BCUT2D eigenvalue weighted by molar-refractivity contribution is 5.88. The maximum absolute atomic E-state index is 12.4. The monoisotopic (exact) mass is 410 g/mol. The Labute approximate surface area is 178 Å². The Morgan fingerprint density at radius 2 is 1.90 bits per heavy atom. The van der Waals surface area contributed by atoms with Crippen LogP contribution in [0.3, 0.4) is 0 Å². The molecular weight excluding hydrogens is 376 g/mol. The molecule has 1 aliphatic carbocycles. The minimum absolute atomic E-state index is 0.270. The van der Waals surface area contributed by atoms with E-state index in [0.717, 1.165) is 55.9 Å². The molecule has 1 saturated carbocycles. The number of carbonyl (C=O) groups excluding carboxylic acids is 1. The van der Waals surface area contributed by atoms with Gasteiger partial charge in [-0.15, -0.1) is 0 Å². The second kappa shape index (κ2) is 8.96. The molecule has 3 heterocycles. The summed E-state index contributed by atoms with van der Waals surface area (Å²) in [5, 5.41) is 8.71. The van der Waals surface area contributed by atoms with E-state index in [9.17, 15) is 4.79 Å². The van der Waals surface area contributed by atoms with Gasteiger partial charge in [-0.25, -0.2) is 0 Å². The summed E-state index contributed by atoms with van der Waals surface area (Å²) < 4.78 is 5.52. The Balaban J connectivity index is 1.10. The van der Waals surface area contributed by atoms with E-state index in [1.54, 1.807) is 0 Å². The smallest absolute Gasteiger partial charge is 0.220 e. The van der Waals surface area contributed by atoms with Crippen molar-refractivity contribution < 1.29 is 9.32 Å². The predicted octanol–water partition coefficient (Wildman–Crippen LogP) is 3.82. The molecule has 1 amide bonds. The van der Waals surface area contributed by atoms with Crippen molar-refractivity contribution >= 4 is 22.7 Å². The number of fused-ring (bicyclic) bond motifs is 2. The molecular formula is C24H34N4O2. The van der Waals surface area contributed by atoms with E-state index >= 15 is 0 Å². The molecule has 0 spiro atoms. The number of nitrogens with one attached hydrogen (secondary N) is 1. The van der Waals surface area contributed by atoms with E-state index in [-0.39, 0.29) is 5.91 Å². The van der Waals surface area contributed by atoms with Crippen LogP contribution in [-0.2, 0) is 4.79 Å². The first-order valence-corrected chi connectivity index (χ1v) is 11.9. The first-order chi connectivity index (χ1) is 14.8. The summed E-state index contributed by atoms with van der Waals surface area (Å²) >= 11 is 0. The molecule has 3 aliphatic rings. The number of carbonyl (C=O) groups is 1. The molecule has 162 valence electrons. The van der Waals surface area contributed by atoms with Crippen molar-refractivity contribution in [1.82, 2.24) is 15.4 Å².